The molecule has 2 unspecified atom stereocenters. The number of piperazine rings is 1. The van der Waals surface area contributed by atoms with Crippen LogP contribution in [0, 0.1) is 0 Å². The normalized spacial score (nSPS) is 17.7. The lowest BCUT2D eigenvalue weighted by atomic mass is 9.95. The smallest absolute Gasteiger partial charge is 0.253 e. The van der Waals surface area contributed by atoms with E-state index in [2.05, 4.69) is 26.5 Å². The zero-order chi connectivity index (χ0) is 28.6. The SMILES string of the molecule is CCC(C(=O)Nc1ccc(N2CCN(c3ccccc3OC)CC2)c(C(=O)NCC2CCCO2)c1)c1ccccc1. The summed E-state index contributed by atoms with van der Waals surface area (Å²) in [5, 5.41) is 6.15. The van der Waals surface area contributed by atoms with Crippen LogP contribution in [0.2, 0.25) is 0 Å². The number of hydrogen-bond donors (Lipinski definition) is 2. The molecule has 2 N–H and O–H groups in total. The third-order valence-corrected chi connectivity index (χ3v) is 8.00. The van der Waals surface area contributed by atoms with Crippen LogP contribution < -0.4 is 25.2 Å². The van der Waals surface area contributed by atoms with Crippen molar-refractivity contribution < 1.29 is 19.1 Å². The summed E-state index contributed by atoms with van der Waals surface area (Å²) in [5.74, 6) is 0.350. The first-order valence-electron chi connectivity index (χ1n) is 14.6. The number of ether oxygens (including phenoxy) is 2. The molecule has 5 rings (SSSR count). The topological polar surface area (TPSA) is 83.1 Å². The van der Waals surface area contributed by atoms with E-state index in [-0.39, 0.29) is 23.8 Å². The first kappa shape index (κ1) is 28.5. The molecule has 2 heterocycles. The Balaban J connectivity index is 1.34. The number of nitrogens with one attached hydrogen (secondary N) is 2. The molecule has 0 spiro atoms. The molecule has 0 radical (unpaired) electrons. The van der Waals surface area contributed by atoms with Crippen molar-refractivity contribution in [2.24, 2.45) is 0 Å². The predicted molar refractivity (Wildman–Crippen MR) is 163 cm³/mol. The molecule has 216 valence electrons. The first-order valence-corrected chi connectivity index (χ1v) is 14.6. The van der Waals surface area contributed by atoms with Crippen LogP contribution in [0.25, 0.3) is 0 Å². The van der Waals surface area contributed by atoms with Crippen LogP contribution in [0.15, 0.2) is 72.8 Å². The Kier molecular flexibility index (Phi) is 9.41. The molecule has 0 bridgehead atoms. The molecular weight excluding hydrogens is 516 g/mol. The van der Waals surface area contributed by atoms with Crippen molar-refractivity contribution in [1.82, 2.24) is 5.32 Å². The van der Waals surface area contributed by atoms with Gasteiger partial charge < -0.3 is 29.9 Å². The van der Waals surface area contributed by atoms with E-state index in [1.807, 2.05) is 73.7 Å². The molecule has 8 nitrogen and oxygen atoms in total. The summed E-state index contributed by atoms with van der Waals surface area (Å²) in [7, 11) is 1.69. The monoisotopic (exact) mass is 556 g/mol. The lowest BCUT2D eigenvalue weighted by Gasteiger charge is -2.38. The van der Waals surface area contributed by atoms with Gasteiger partial charge in [0.25, 0.3) is 5.91 Å². The minimum atomic E-state index is -0.268. The van der Waals surface area contributed by atoms with Crippen molar-refractivity contribution in [1.29, 1.82) is 0 Å². The van der Waals surface area contributed by atoms with Crippen LogP contribution in [0.4, 0.5) is 17.1 Å². The summed E-state index contributed by atoms with van der Waals surface area (Å²) in [5.41, 5.74) is 4.09. The lowest BCUT2D eigenvalue weighted by Crippen LogP contribution is -2.47. The summed E-state index contributed by atoms with van der Waals surface area (Å²) < 4.78 is 11.3. The van der Waals surface area contributed by atoms with Crippen molar-refractivity contribution in [2.75, 3.05) is 61.6 Å². The van der Waals surface area contributed by atoms with E-state index in [9.17, 15) is 9.59 Å². The zero-order valence-corrected chi connectivity index (χ0v) is 24.0. The van der Waals surface area contributed by atoms with Crippen LogP contribution in [0.5, 0.6) is 5.75 Å². The molecule has 8 heteroatoms. The molecule has 3 aromatic carbocycles. The second kappa shape index (κ2) is 13.5. The molecule has 0 aliphatic carbocycles. The predicted octanol–water partition coefficient (Wildman–Crippen LogP) is 5.06. The van der Waals surface area contributed by atoms with Gasteiger partial charge in [-0.05, 0) is 55.2 Å². The van der Waals surface area contributed by atoms with Crippen molar-refractivity contribution >= 4 is 28.9 Å². The highest BCUT2D eigenvalue weighted by Crippen LogP contribution is 2.31. The number of hydrogen-bond acceptors (Lipinski definition) is 6. The Morgan fingerprint density at radius 1 is 0.951 bits per heavy atom. The molecule has 0 saturated carbocycles. The summed E-state index contributed by atoms with van der Waals surface area (Å²) in [4.78, 5) is 31.4. The van der Waals surface area contributed by atoms with Crippen LogP contribution in [-0.2, 0) is 9.53 Å². The minimum Gasteiger partial charge on any atom is -0.495 e. The van der Waals surface area contributed by atoms with Crippen molar-refractivity contribution in [2.45, 2.75) is 38.2 Å². The number of nitrogens with zero attached hydrogens (tertiary/aromatic N) is 2. The number of rotatable bonds is 10. The number of methoxy groups -OCH3 is 1. The first-order chi connectivity index (χ1) is 20.1. The van der Waals surface area contributed by atoms with E-state index in [0.717, 1.165) is 68.3 Å². The van der Waals surface area contributed by atoms with E-state index < -0.39 is 0 Å². The zero-order valence-electron chi connectivity index (χ0n) is 24.0. The van der Waals surface area contributed by atoms with Gasteiger partial charge in [-0.15, -0.1) is 0 Å². The van der Waals surface area contributed by atoms with Crippen molar-refractivity contribution in [3.63, 3.8) is 0 Å². The summed E-state index contributed by atoms with van der Waals surface area (Å²) in [6, 6.07) is 23.5. The van der Waals surface area contributed by atoms with Gasteiger partial charge in [-0.1, -0.05) is 49.4 Å². The number of carbonyl (C=O) groups is 2. The fraction of sp³-hybridized carbons (Fsp3) is 0.394. The second-order valence-corrected chi connectivity index (χ2v) is 10.6. The number of para-hydroxylation sites is 2. The van der Waals surface area contributed by atoms with Gasteiger partial charge in [-0.25, -0.2) is 0 Å². The molecule has 0 aromatic heterocycles. The molecule has 2 saturated heterocycles. The highest BCUT2D eigenvalue weighted by atomic mass is 16.5. The number of anilines is 3. The third-order valence-electron chi connectivity index (χ3n) is 8.00. The molecule has 2 aliphatic heterocycles. The van der Waals surface area contributed by atoms with Crippen LogP contribution >= 0.6 is 0 Å². The Hall–Kier alpha value is -4.04. The van der Waals surface area contributed by atoms with Gasteiger partial charge in [-0.2, -0.15) is 0 Å². The largest absolute Gasteiger partial charge is 0.495 e. The van der Waals surface area contributed by atoms with Gasteiger partial charge in [0, 0.05) is 50.7 Å². The van der Waals surface area contributed by atoms with Crippen LogP contribution in [-0.4, -0.2) is 64.4 Å². The van der Waals surface area contributed by atoms with Crippen molar-refractivity contribution in [3.8, 4) is 5.75 Å². The lowest BCUT2D eigenvalue weighted by molar-refractivity contribution is -0.117. The Morgan fingerprint density at radius 3 is 2.34 bits per heavy atom. The molecule has 2 atom stereocenters. The Morgan fingerprint density at radius 2 is 1.66 bits per heavy atom. The van der Waals surface area contributed by atoms with Gasteiger partial charge in [0.1, 0.15) is 5.75 Å². The van der Waals surface area contributed by atoms with Crippen LogP contribution in [0.3, 0.4) is 0 Å². The molecule has 2 aliphatic rings. The van der Waals surface area contributed by atoms with Gasteiger partial charge in [0.15, 0.2) is 0 Å². The van der Waals surface area contributed by atoms with Crippen LogP contribution in [0.1, 0.15) is 48.0 Å². The molecule has 3 aromatic rings. The van der Waals surface area contributed by atoms with Gasteiger partial charge in [0.2, 0.25) is 5.91 Å². The van der Waals surface area contributed by atoms with Gasteiger partial charge in [0.05, 0.1) is 30.4 Å². The molecule has 2 fully saturated rings. The van der Waals surface area contributed by atoms with E-state index in [4.69, 9.17) is 9.47 Å². The molecule has 2 amide bonds. The van der Waals surface area contributed by atoms with E-state index in [1.54, 1.807) is 7.11 Å². The quantitative estimate of drug-likeness (QED) is 0.363. The summed E-state index contributed by atoms with van der Waals surface area (Å²) in [6.45, 7) is 6.32. The van der Waals surface area contributed by atoms with Gasteiger partial charge in [-0.3, -0.25) is 9.59 Å². The maximum atomic E-state index is 13.6. The highest BCUT2D eigenvalue weighted by molar-refractivity contribution is 6.03. The molecule has 41 heavy (non-hydrogen) atoms. The number of carbonyl (C=O) groups excluding carboxylic acids is 2. The molecular formula is C33H40N4O4. The summed E-state index contributed by atoms with van der Waals surface area (Å²) in [6.07, 6.45) is 2.69. The third kappa shape index (κ3) is 6.82. The average Bonchev–Trinajstić information content (AvgIpc) is 3.55. The Labute approximate surface area is 242 Å². The van der Waals surface area contributed by atoms with E-state index in [1.165, 1.54) is 0 Å². The maximum absolute atomic E-state index is 13.6. The standard InChI is InChI=1S/C33H40N4O4/c1-3-27(24-10-5-4-6-11-24)33(39)35-25-15-16-29(28(22-25)32(38)34-23-26-12-9-21-41-26)36-17-19-37(20-18-36)30-13-7-8-14-31(30)40-2/h4-8,10-11,13-16,22,26-27H,3,9,12,17-21,23H2,1-2H3,(H,34,38)(H,35,39). The summed E-state index contributed by atoms with van der Waals surface area (Å²) >= 11 is 0. The maximum Gasteiger partial charge on any atom is 0.253 e. The fourth-order valence-electron chi connectivity index (χ4n) is 5.74. The number of benzene rings is 3. The fourth-order valence-corrected chi connectivity index (χ4v) is 5.74. The van der Waals surface area contributed by atoms with Crippen molar-refractivity contribution in [3.05, 3.63) is 83.9 Å². The second-order valence-electron chi connectivity index (χ2n) is 10.6. The minimum absolute atomic E-state index is 0.0471. The van der Waals surface area contributed by atoms with E-state index >= 15 is 0 Å². The average molecular weight is 557 g/mol. The Bertz CT molecular complexity index is 1320. The van der Waals surface area contributed by atoms with Gasteiger partial charge >= 0.3 is 0 Å². The van der Waals surface area contributed by atoms with E-state index in [0.29, 0.717) is 24.2 Å². The highest BCUT2D eigenvalue weighted by Gasteiger charge is 2.25. The number of amides is 2.